The third-order valence-corrected chi connectivity index (χ3v) is 4.16. The summed E-state index contributed by atoms with van der Waals surface area (Å²) in [4.78, 5) is 11.8. The van der Waals surface area contributed by atoms with Crippen LogP contribution in [0.3, 0.4) is 0 Å². The zero-order chi connectivity index (χ0) is 12.9. The molecule has 0 radical (unpaired) electrons. The lowest BCUT2D eigenvalue weighted by Crippen LogP contribution is -2.33. The van der Waals surface area contributed by atoms with Crippen molar-refractivity contribution >= 4 is 17.5 Å². The molecule has 0 aromatic carbocycles. The first-order valence-corrected chi connectivity index (χ1v) is 7.33. The molecule has 0 spiro atoms. The molecule has 2 heteroatoms. The van der Waals surface area contributed by atoms with Gasteiger partial charge in [-0.1, -0.05) is 41.5 Å². The van der Waals surface area contributed by atoms with E-state index in [9.17, 15) is 4.79 Å². The Bertz CT molecular complexity index is 219. The van der Waals surface area contributed by atoms with E-state index in [-0.39, 0.29) is 11.3 Å². The van der Waals surface area contributed by atoms with Crippen molar-refractivity contribution < 1.29 is 4.79 Å². The predicted octanol–water partition coefficient (Wildman–Crippen LogP) is 4.41. The van der Waals surface area contributed by atoms with E-state index in [2.05, 4.69) is 41.5 Å². The number of Topliss-reactive ketones (excluding diaryl/α,β-unsaturated/α-hetero) is 1. The molecule has 0 fully saturated rings. The summed E-state index contributed by atoms with van der Waals surface area (Å²) in [6.45, 7) is 15.1. The van der Waals surface area contributed by atoms with Crippen LogP contribution in [0.15, 0.2) is 0 Å². The standard InChI is InChI=1S/C14H28OS/c1-10(2)8-14(6,7)13(12(5)15)9-16-11(3)4/h10-11,13H,8-9H2,1-7H3. The van der Waals surface area contributed by atoms with Crippen molar-refractivity contribution in [2.45, 2.75) is 60.1 Å². The van der Waals surface area contributed by atoms with Gasteiger partial charge >= 0.3 is 0 Å². The molecule has 0 heterocycles. The van der Waals surface area contributed by atoms with Gasteiger partial charge in [0, 0.05) is 11.7 Å². The summed E-state index contributed by atoms with van der Waals surface area (Å²) in [7, 11) is 0. The first-order chi connectivity index (χ1) is 7.16. The molecule has 0 rings (SSSR count). The van der Waals surface area contributed by atoms with Crippen molar-refractivity contribution in [2.75, 3.05) is 5.75 Å². The summed E-state index contributed by atoms with van der Waals surface area (Å²) in [5.41, 5.74) is 0.127. The largest absolute Gasteiger partial charge is 0.300 e. The summed E-state index contributed by atoms with van der Waals surface area (Å²) in [6, 6.07) is 0. The van der Waals surface area contributed by atoms with Gasteiger partial charge in [-0.05, 0) is 29.9 Å². The molecule has 0 aliphatic heterocycles. The molecule has 0 aromatic heterocycles. The Balaban J connectivity index is 4.56. The van der Waals surface area contributed by atoms with Gasteiger partial charge in [-0.25, -0.2) is 0 Å². The molecule has 0 aliphatic rings. The van der Waals surface area contributed by atoms with Crippen molar-refractivity contribution in [2.24, 2.45) is 17.3 Å². The fourth-order valence-electron chi connectivity index (χ4n) is 2.38. The van der Waals surface area contributed by atoms with Crippen LogP contribution in [0.2, 0.25) is 0 Å². The van der Waals surface area contributed by atoms with Crippen molar-refractivity contribution in [1.29, 1.82) is 0 Å². The monoisotopic (exact) mass is 244 g/mol. The van der Waals surface area contributed by atoms with E-state index in [1.807, 2.05) is 11.8 Å². The highest BCUT2D eigenvalue weighted by molar-refractivity contribution is 7.99. The lowest BCUT2D eigenvalue weighted by molar-refractivity contribution is -0.123. The Morgan fingerprint density at radius 1 is 1.19 bits per heavy atom. The Morgan fingerprint density at radius 2 is 1.69 bits per heavy atom. The minimum absolute atomic E-state index is 0.127. The molecule has 0 aliphatic carbocycles. The average Bonchev–Trinajstić information content (AvgIpc) is 1.98. The zero-order valence-electron chi connectivity index (χ0n) is 12.0. The van der Waals surface area contributed by atoms with Crippen LogP contribution in [-0.2, 0) is 4.79 Å². The predicted molar refractivity (Wildman–Crippen MR) is 75.0 cm³/mol. The molecular weight excluding hydrogens is 216 g/mol. The van der Waals surface area contributed by atoms with Gasteiger partial charge in [0.25, 0.3) is 0 Å². The van der Waals surface area contributed by atoms with Gasteiger partial charge in [-0.15, -0.1) is 0 Å². The lowest BCUT2D eigenvalue weighted by atomic mass is 9.72. The molecule has 1 atom stereocenters. The molecule has 0 amide bonds. The van der Waals surface area contributed by atoms with Crippen LogP contribution < -0.4 is 0 Å². The highest BCUT2D eigenvalue weighted by atomic mass is 32.2. The van der Waals surface area contributed by atoms with E-state index in [4.69, 9.17) is 0 Å². The Hall–Kier alpha value is 0.0200. The quantitative estimate of drug-likeness (QED) is 0.660. The van der Waals surface area contributed by atoms with Crippen molar-refractivity contribution in [1.82, 2.24) is 0 Å². The fourth-order valence-corrected chi connectivity index (χ4v) is 3.64. The number of thioether (sulfide) groups is 1. The van der Waals surface area contributed by atoms with Crippen LogP contribution in [0.1, 0.15) is 54.9 Å². The number of hydrogen-bond acceptors (Lipinski definition) is 2. The Labute approximate surface area is 106 Å². The zero-order valence-corrected chi connectivity index (χ0v) is 12.8. The minimum Gasteiger partial charge on any atom is -0.300 e. The molecular formula is C14H28OS. The third kappa shape index (κ3) is 5.93. The number of ketones is 1. The van der Waals surface area contributed by atoms with Crippen LogP contribution in [0.5, 0.6) is 0 Å². The third-order valence-electron chi connectivity index (χ3n) is 2.96. The molecule has 96 valence electrons. The van der Waals surface area contributed by atoms with E-state index in [1.165, 1.54) is 0 Å². The number of hydrogen-bond donors (Lipinski definition) is 0. The van der Waals surface area contributed by atoms with Crippen LogP contribution in [-0.4, -0.2) is 16.8 Å². The second-order valence-corrected chi connectivity index (χ2v) is 7.74. The van der Waals surface area contributed by atoms with Crippen molar-refractivity contribution in [3.05, 3.63) is 0 Å². The van der Waals surface area contributed by atoms with Crippen molar-refractivity contribution in [3.8, 4) is 0 Å². The maximum absolute atomic E-state index is 11.8. The Kier molecular flexibility index (Phi) is 6.69. The number of carbonyl (C=O) groups is 1. The molecule has 0 saturated carbocycles. The number of rotatable bonds is 7. The van der Waals surface area contributed by atoms with Crippen LogP contribution >= 0.6 is 11.8 Å². The van der Waals surface area contributed by atoms with Crippen LogP contribution in [0.25, 0.3) is 0 Å². The van der Waals surface area contributed by atoms with Crippen molar-refractivity contribution in [3.63, 3.8) is 0 Å². The molecule has 1 unspecified atom stereocenters. The fraction of sp³-hybridized carbons (Fsp3) is 0.929. The Morgan fingerprint density at radius 3 is 2.00 bits per heavy atom. The molecule has 16 heavy (non-hydrogen) atoms. The van der Waals surface area contributed by atoms with Crippen LogP contribution in [0.4, 0.5) is 0 Å². The van der Waals surface area contributed by atoms with E-state index in [1.54, 1.807) is 6.92 Å². The average molecular weight is 244 g/mol. The molecule has 0 bridgehead atoms. The smallest absolute Gasteiger partial charge is 0.134 e. The second-order valence-electron chi connectivity index (χ2n) is 6.13. The lowest BCUT2D eigenvalue weighted by Gasteiger charge is -2.34. The summed E-state index contributed by atoms with van der Waals surface area (Å²) in [6.07, 6.45) is 1.12. The van der Waals surface area contributed by atoms with E-state index < -0.39 is 0 Å². The van der Waals surface area contributed by atoms with Gasteiger partial charge in [-0.2, -0.15) is 11.8 Å². The summed E-state index contributed by atoms with van der Waals surface area (Å²) >= 11 is 1.90. The van der Waals surface area contributed by atoms with E-state index in [0.29, 0.717) is 17.0 Å². The van der Waals surface area contributed by atoms with Gasteiger partial charge in [0.1, 0.15) is 5.78 Å². The number of carbonyl (C=O) groups excluding carboxylic acids is 1. The maximum atomic E-state index is 11.8. The molecule has 1 nitrogen and oxygen atoms in total. The second kappa shape index (κ2) is 6.68. The summed E-state index contributed by atoms with van der Waals surface area (Å²) < 4.78 is 0. The van der Waals surface area contributed by atoms with Crippen LogP contribution in [0, 0.1) is 17.3 Å². The topological polar surface area (TPSA) is 17.1 Å². The van der Waals surface area contributed by atoms with Gasteiger partial charge in [-0.3, -0.25) is 4.79 Å². The minimum atomic E-state index is 0.127. The van der Waals surface area contributed by atoms with E-state index in [0.717, 1.165) is 12.2 Å². The van der Waals surface area contributed by atoms with Gasteiger partial charge < -0.3 is 0 Å². The van der Waals surface area contributed by atoms with Gasteiger partial charge in [0.15, 0.2) is 0 Å². The molecule has 0 aromatic rings. The van der Waals surface area contributed by atoms with Gasteiger partial charge in [0.05, 0.1) is 0 Å². The van der Waals surface area contributed by atoms with E-state index >= 15 is 0 Å². The highest BCUT2D eigenvalue weighted by Crippen LogP contribution is 2.37. The summed E-state index contributed by atoms with van der Waals surface area (Å²) in [5.74, 6) is 2.16. The molecule has 0 N–H and O–H groups in total. The van der Waals surface area contributed by atoms with Gasteiger partial charge in [0.2, 0.25) is 0 Å². The first kappa shape index (κ1) is 16.0. The SMILES string of the molecule is CC(=O)C(CSC(C)C)C(C)(C)CC(C)C. The first-order valence-electron chi connectivity index (χ1n) is 6.29. The summed E-state index contributed by atoms with van der Waals surface area (Å²) in [5, 5.41) is 0.608. The maximum Gasteiger partial charge on any atom is 0.134 e. The highest BCUT2D eigenvalue weighted by Gasteiger charge is 2.33. The molecule has 0 saturated heterocycles. The normalized spacial score (nSPS) is 14.6.